The Balaban J connectivity index is 0.966. The van der Waals surface area contributed by atoms with E-state index < -0.39 is 11.6 Å². The number of aromatic nitrogens is 2. The lowest BCUT2D eigenvalue weighted by Gasteiger charge is -2.40. The second-order valence-corrected chi connectivity index (χ2v) is 15.5. The summed E-state index contributed by atoms with van der Waals surface area (Å²) < 4.78 is 11.9. The molecule has 0 bridgehead atoms. The number of fused-ring (bicyclic) bond motifs is 6. The molecule has 0 aliphatic heterocycles. The third-order valence-electron chi connectivity index (χ3n) is 9.91. The summed E-state index contributed by atoms with van der Waals surface area (Å²) in [5.74, 6) is -0.0186. The minimum Gasteiger partial charge on any atom is -0.449 e. The number of aryl methyl sites for hydroxylation is 1. The molecule has 2 amide bonds. The fraction of sp³-hybridized carbons (Fsp3) is 0.333. The summed E-state index contributed by atoms with van der Waals surface area (Å²) in [6.07, 6.45) is 1.29. The summed E-state index contributed by atoms with van der Waals surface area (Å²) in [4.78, 5) is 28.7. The van der Waals surface area contributed by atoms with Gasteiger partial charge in [-0.25, -0.2) is 9.59 Å². The molecule has 0 saturated heterocycles. The van der Waals surface area contributed by atoms with Gasteiger partial charge in [-0.1, -0.05) is 108 Å². The molecule has 0 spiro atoms. The van der Waals surface area contributed by atoms with Gasteiger partial charge in [0.05, 0.1) is 6.04 Å². The van der Waals surface area contributed by atoms with E-state index in [2.05, 4.69) is 64.0 Å². The van der Waals surface area contributed by atoms with Crippen LogP contribution in [0.4, 0.5) is 9.59 Å². The van der Waals surface area contributed by atoms with Crippen LogP contribution in [0.25, 0.3) is 22.3 Å². The minimum atomic E-state index is -0.549. The molecule has 0 radical (unpaired) electrons. The number of unbranched alkanes of at least 4 members (excludes halogenated alkanes) is 1. The molecule has 7 rings (SSSR count). The normalized spacial score (nSPS) is 13.9. The van der Waals surface area contributed by atoms with E-state index in [9.17, 15) is 9.59 Å². The Bertz CT molecular complexity index is 1940. The van der Waals surface area contributed by atoms with Crippen LogP contribution < -0.4 is 5.32 Å². The Morgan fingerprint density at radius 3 is 1.65 bits per heavy atom. The summed E-state index contributed by atoms with van der Waals surface area (Å²) in [6.45, 7) is 8.96. The van der Waals surface area contributed by atoms with Crippen molar-refractivity contribution in [1.82, 2.24) is 20.4 Å². The molecule has 1 unspecified atom stereocenters. The third-order valence-corrected chi connectivity index (χ3v) is 10.9. The van der Waals surface area contributed by atoms with E-state index in [0.29, 0.717) is 19.4 Å². The first-order chi connectivity index (χ1) is 24.7. The Morgan fingerprint density at radius 2 is 1.20 bits per heavy atom. The number of ether oxygens (including phenoxy) is 2. The number of hydrogen-bond donors (Lipinski definition) is 1. The molecule has 1 N–H and O–H groups in total. The molecule has 0 saturated carbocycles. The van der Waals surface area contributed by atoms with Crippen LogP contribution in [0.3, 0.4) is 0 Å². The molecule has 1 atom stereocenters. The van der Waals surface area contributed by atoms with Gasteiger partial charge in [-0.05, 0) is 91.5 Å². The maximum absolute atomic E-state index is 14.1. The van der Waals surface area contributed by atoms with Crippen molar-refractivity contribution in [3.8, 4) is 22.3 Å². The van der Waals surface area contributed by atoms with Crippen LogP contribution in [0.5, 0.6) is 0 Å². The third kappa shape index (κ3) is 7.13. The summed E-state index contributed by atoms with van der Waals surface area (Å²) in [5.41, 5.74) is 8.95. The number of carbonyl (C=O) groups is 2. The molecule has 9 heteroatoms. The fourth-order valence-corrected chi connectivity index (χ4v) is 8.47. The summed E-state index contributed by atoms with van der Waals surface area (Å²) in [7, 11) is 0. The first-order valence-corrected chi connectivity index (χ1v) is 18.6. The van der Waals surface area contributed by atoms with E-state index in [-0.39, 0.29) is 37.2 Å². The Kier molecular flexibility index (Phi) is 9.91. The molecule has 51 heavy (non-hydrogen) atoms. The first kappa shape index (κ1) is 34.4. The van der Waals surface area contributed by atoms with E-state index in [0.717, 1.165) is 16.4 Å². The van der Waals surface area contributed by atoms with Gasteiger partial charge < -0.3 is 14.8 Å². The van der Waals surface area contributed by atoms with Crippen molar-refractivity contribution in [3.05, 3.63) is 129 Å². The molecule has 1 heterocycles. The van der Waals surface area contributed by atoms with Gasteiger partial charge in [0.2, 0.25) is 0 Å². The van der Waals surface area contributed by atoms with Crippen molar-refractivity contribution < 1.29 is 19.1 Å². The fourth-order valence-electron chi connectivity index (χ4n) is 7.64. The largest absolute Gasteiger partial charge is 0.449 e. The van der Waals surface area contributed by atoms with E-state index in [1.165, 1.54) is 55.8 Å². The molecule has 0 fully saturated rings. The number of hydrogen-bond acceptors (Lipinski definition) is 7. The molecule has 8 nitrogen and oxygen atoms in total. The topological polar surface area (TPSA) is 93.6 Å². The van der Waals surface area contributed by atoms with Crippen LogP contribution in [0.1, 0.15) is 90.2 Å². The average molecular weight is 701 g/mol. The molecule has 4 aromatic carbocycles. The Labute approximate surface area is 303 Å². The predicted octanol–water partition coefficient (Wildman–Crippen LogP) is 9.65. The summed E-state index contributed by atoms with van der Waals surface area (Å²) in [5, 5.41) is 13.3. The number of alkyl carbamates (subject to hydrolysis) is 1. The molecule has 5 aromatic rings. The minimum absolute atomic E-state index is 0.0144. The van der Waals surface area contributed by atoms with E-state index in [4.69, 9.17) is 9.47 Å². The molecule has 262 valence electrons. The van der Waals surface area contributed by atoms with E-state index in [1.807, 2.05) is 81.1 Å². The smallest absolute Gasteiger partial charge is 0.410 e. The van der Waals surface area contributed by atoms with Gasteiger partial charge in [0.15, 0.2) is 0 Å². The van der Waals surface area contributed by atoms with Crippen molar-refractivity contribution in [3.63, 3.8) is 0 Å². The van der Waals surface area contributed by atoms with Crippen LogP contribution in [-0.2, 0) is 9.47 Å². The quantitative estimate of drug-likeness (QED) is 0.138. The predicted molar refractivity (Wildman–Crippen MR) is 201 cm³/mol. The Morgan fingerprint density at radius 1 is 0.725 bits per heavy atom. The number of amides is 2. The van der Waals surface area contributed by atoms with Crippen molar-refractivity contribution in [2.45, 2.75) is 70.4 Å². The van der Waals surface area contributed by atoms with Crippen molar-refractivity contribution >= 4 is 23.5 Å². The van der Waals surface area contributed by atoms with Gasteiger partial charge in [0.1, 0.15) is 23.2 Å². The van der Waals surface area contributed by atoms with Gasteiger partial charge >= 0.3 is 12.2 Å². The maximum Gasteiger partial charge on any atom is 0.410 e. The van der Waals surface area contributed by atoms with Crippen molar-refractivity contribution in [1.29, 1.82) is 0 Å². The van der Waals surface area contributed by atoms with Gasteiger partial charge in [-0.2, -0.15) is 0 Å². The molecule has 2 aliphatic rings. The van der Waals surface area contributed by atoms with Crippen LogP contribution in [-0.4, -0.2) is 52.6 Å². The van der Waals surface area contributed by atoms with Gasteiger partial charge in [-0.15, -0.1) is 10.2 Å². The highest BCUT2D eigenvalue weighted by Crippen LogP contribution is 2.46. The van der Waals surface area contributed by atoms with E-state index in [1.54, 1.807) is 0 Å². The maximum atomic E-state index is 14.1. The van der Waals surface area contributed by atoms with Crippen molar-refractivity contribution in [2.24, 2.45) is 0 Å². The highest BCUT2D eigenvalue weighted by Gasteiger charge is 2.38. The van der Waals surface area contributed by atoms with Gasteiger partial charge in [0.25, 0.3) is 0 Å². The molecular weight excluding hydrogens is 657 g/mol. The first-order valence-electron chi connectivity index (χ1n) is 17.7. The van der Waals surface area contributed by atoms with Crippen LogP contribution in [0.15, 0.2) is 97.1 Å². The number of benzene rings is 4. The monoisotopic (exact) mass is 700 g/mol. The Hall–Kier alpha value is -5.02. The highest BCUT2D eigenvalue weighted by molar-refractivity contribution is 7.11. The lowest BCUT2D eigenvalue weighted by molar-refractivity contribution is 0.0386. The highest BCUT2D eigenvalue weighted by atomic mass is 32.1. The molecular formula is C42H44N4O4S. The van der Waals surface area contributed by atoms with Crippen molar-refractivity contribution in [2.75, 3.05) is 19.8 Å². The zero-order chi connectivity index (χ0) is 35.5. The van der Waals surface area contributed by atoms with Gasteiger partial charge in [0, 0.05) is 23.9 Å². The standard InChI is InChI=1S/C42H44N4O4S/c1-27-44-45-39(51-27)38(23-13-14-24-43-40(47)49-25-36-32-19-9-5-15-28(32)29-16-6-10-20-33(29)36)46(42(2,3)4)41(48)50-26-37-34-21-11-7-17-30(34)31-18-8-12-22-35(31)37/h5-12,15-22,36-38H,13-14,23-26H2,1-4H3,(H,43,47). The average Bonchev–Trinajstić information content (AvgIpc) is 3.80. The number of nitrogens with one attached hydrogen (secondary N) is 1. The zero-order valence-corrected chi connectivity index (χ0v) is 30.4. The second-order valence-electron chi connectivity index (χ2n) is 14.3. The molecule has 2 aliphatic carbocycles. The zero-order valence-electron chi connectivity index (χ0n) is 29.6. The lowest BCUT2D eigenvalue weighted by Crippen LogP contribution is -2.48. The van der Waals surface area contributed by atoms with E-state index >= 15 is 0 Å². The lowest BCUT2D eigenvalue weighted by atomic mass is 9.98. The second kappa shape index (κ2) is 14.7. The number of nitrogens with zero attached hydrogens (tertiary/aromatic N) is 3. The molecule has 1 aromatic heterocycles. The number of rotatable bonds is 11. The van der Waals surface area contributed by atoms with Crippen LogP contribution in [0.2, 0.25) is 0 Å². The van der Waals surface area contributed by atoms with Crippen LogP contribution in [0, 0.1) is 6.92 Å². The summed E-state index contributed by atoms with van der Waals surface area (Å²) in [6, 6.07) is 33.0. The number of carbonyl (C=O) groups excluding carboxylic acids is 2. The van der Waals surface area contributed by atoms with Gasteiger partial charge in [-0.3, -0.25) is 4.90 Å². The van der Waals surface area contributed by atoms with Crippen LogP contribution >= 0.6 is 11.3 Å². The SMILES string of the molecule is Cc1nnc(C(CCCCNC(=O)OCC2c3ccccc3-c3ccccc32)N(C(=O)OCC2c3ccccc3-c3ccccc32)C(C)(C)C)s1. The summed E-state index contributed by atoms with van der Waals surface area (Å²) >= 11 is 1.50.